The minimum absolute atomic E-state index is 0.0307. The maximum atomic E-state index is 12.3. The van der Waals surface area contributed by atoms with E-state index in [2.05, 4.69) is 0 Å². The summed E-state index contributed by atoms with van der Waals surface area (Å²) in [7, 11) is 0. The molecule has 9 heavy (non-hydrogen) atoms. The Morgan fingerprint density at radius 1 is 1.00 bits per heavy atom. The maximum Gasteiger partial charge on any atom is 0.105 e. The molecular formula is C6H10F2O. The summed E-state index contributed by atoms with van der Waals surface area (Å²) in [5.41, 5.74) is 0. The second-order valence-corrected chi connectivity index (χ2v) is 2.56. The van der Waals surface area contributed by atoms with Gasteiger partial charge in [-0.25, -0.2) is 8.78 Å². The zero-order valence-corrected chi connectivity index (χ0v) is 5.06. The molecule has 0 aromatic rings. The summed E-state index contributed by atoms with van der Waals surface area (Å²) < 4.78 is 24.6. The number of hydrogen-bond acceptors (Lipinski definition) is 1. The molecular weight excluding hydrogens is 126 g/mol. The summed E-state index contributed by atoms with van der Waals surface area (Å²) in [5, 5.41) is 8.77. The van der Waals surface area contributed by atoms with E-state index >= 15 is 0 Å². The third-order valence-corrected chi connectivity index (χ3v) is 1.57. The Morgan fingerprint density at radius 3 is 1.78 bits per heavy atom. The van der Waals surface area contributed by atoms with Crippen molar-refractivity contribution in [3.63, 3.8) is 0 Å². The van der Waals surface area contributed by atoms with Crippen LogP contribution >= 0.6 is 0 Å². The van der Waals surface area contributed by atoms with Gasteiger partial charge in [0.1, 0.15) is 12.3 Å². The van der Waals surface area contributed by atoms with Gasteiger partial charge in [0.2, 0.25) is 0 Å². The predicted molar refractivity (Wildman–Crippen MR) is 29.6 cm³/mol. The monoisotopic (exact) mass is 136 g/mol. The van der Waals surface area contributed by atoms with Crippen molar-refractivity contribution in [1.82, 2.24) is 0 Å². The van der Waals surface area contributed by atoms with Crippen LogP contribution in [0.2, 0.25) is 0 Å². The van der Waals surface area contributed by atoms with E-state index in [1.54, 1.807) is 0 Å². The molecule has 0 aromatic heterocycles. The average Bonchev–Trinajstić information content (AvgIpc) is 1.59. The summed E-state index contributed by atoms with van der Waals surface area (Å²) in [4.78, 5) is 0. The first-order chi connectivity index (χ1) is 4.18. The topological polar surface area (TPSA) is 20.2 Å². The number of hydrogen-bond donors (Lipinski definition) is 1. The third kappa shape index (κ3) is 1.90. The van der Waals surface area contributed by atoms with Crippen LogP contribution < -0.4 is 0 Å². The molecule has 1 rings (SSSR count). The maximum absolute atomic E-state index is 12.3. The van der Waals surface area contributed by atoms with E-state index in [0.717, 1.165) is 0 Å². The highest BCUT2D eigenvalue weighted by molar-refractivity contribution is 4.77. The van der Waals surface area contributed by atoms with Crippen molar-refractivity contribution >= 4 is 0 Å². The number of rotatable bonds is 0. The van der Waals surface area contributed by atoms with Gasteiger partial charge in [0.25, 0.3) is 0 Å². The second-order valence-electron chi connectivity index (χ2n) is 2.56. The lowest BCUT2D eigenvalue weighted by molar-refractivity contribution is 0.0398. The Bertz CT molecular complexity index is 72.0. The molecule has 0 amide bonds. The average molecular weight is 136 g/mol. The highest BCUT2D eigenvalue weighted by Crippen LogP contribution is 2.23. The molecule has 1 fully saturated rings. The summed E-state index contributed by atoms with van der Waals surface area (Å²) in [6.07, 6.45) is -2.84. The van der Waals surface area contributed by atoms with Crippen LogP contribution in [-0.4, -0.2) is 23.6 Å². The fourth-order valence-corrected chi connectivity index (χ4v) is 1.16. The first-order valence-electron chi connectivity index (χ1n) is 3.14. The van der Waals surface area contributed by atoms with Gasteiger partial charge < -0.3 is 5.11 Å². The van der Waals surface area contributed by atoms with Crippen molar-refractivity contribution in [3.8, 4) is 0 Å². The van der Waals surface area contributed by atoms with Gasteiger partial charge in [0.05, 0.1) is 6.10 Å². The molecule has 0 aromatic carbocycles. The zero-order valence-electron chi connectivity index (χ0n) is 5.06. The lowest BCUT2D eigenvalue weighted by Gasteiger charge is -2.22. The molecule has 0 spiro atoms. The molecule has 2 atom stereocenters. The Morgan fingerprint density at radius 2 is 1.44 bits per heavy atom. The van der Waals surface area contributed by atoms with Crippen LogP contribution in [0, 0.1) is 0 Å². The molecule has 2 unspecified atom stereocenters. The standard InChI is InChI=1S/C6H10F2O/c7-4-1-5(8)3-6(9)2-4/h4-6,9H,1-3H2. The Balaban J connectivity index is 2.34. The molecule has 0 aliphatic heterocycles. The van der Waals surface area contributed by atoms with Gasteiger partial charge in [0.15, 0.2) is 0 Å². The number of halogens is 2. The van der Waals surface area contributed by atoms with Crippen LogP contribution in [0.1, 0.15) is 19.3 Å². The van der Waals surface area contributed by atoms with E-state index in [0.29, 0.717) is 0 Å². The van der Waals surface area contributed by atoms with Crippen molar-refractivity contribution in [1.29, 1.82) is 0 Å². The van der Waals surface area contributed by atoms with Gasteiger partial charge in [-0.3, -0.25) is 0 Å². The Labute approximate surface area is 52.7 Å². The van der Waals surface area contributed by atoms with Crippen molar-refractivity contribution in [3.05, 3.63) is 0 Å². The summed E-state index contributed by atoms with van der Waals surface area (Å²) >= 11 is 0. The largest absolute Gasteiger partial charge is 0.393 e. The summed E-state index contributed by atoms with van der Waals surface area (Å²) in [6, 6.07) is 0. The fraction of sp³-hybridized carbons (Fsp3) is 1.00. The van der Waals surface area contributed by atoms with E-state index < -0.39 is 18.4 Å². The van der Waals surface area contributed by atoms with E-state index in [-0.39, 0.29) is 19.3 Å². The first kappa shape index (κ1) is 6.93. The van der Waals surface area contributed by atoms with Crippen LogP contribution in [0.3, 0.4) is 0 Å². The molecule has 1 aliphatic carbocycles. The third-order valence-electron chi connectivity index (χ3n) is 1.57. The molecule has 0 bridgehead atoms. The molecule has 3 heteroatoms. The minimum Gasteiger partial charge on any atom is -0.393 e. The predicted octanol–water partition coefficient (Wildman–Crippen LogP) is 1.21. The van der Waals surface area contributed by atoms with Crippen molar-refractivity contribution < 1.29 is 13.9 Å². The quantitative estimate of drug-likeness (QED) is 0.530. The van der Waals surface area contributed by atoms with E-state index in [1.165, 1.54) is 0 Å². The SMILES string of the molecule is OC1CC(F)CC(F)C1. The number of alkyl halides is 2. The molecule has 54 valence electrons. The van der Waals surface area contributed by atoms with Crippen LogP contribution in [0.25, 0.3) is 0 Å². The van der Waals surface area contributed by atoms with Crippen LogP contribution in [0.4, 0.5) is 8.78 Å². The Kier molecular flexibility index (Phi) is 2.01. The molecule has 0 saturated heterocycles. The van der Waals surface area contributed by atoms with Gasteiger partial charge in [-0.15, -0.1) is 0 Å². The molecule has 1 N–H and O–H groups in total. The molecule has 0 radical (unpaired) electrons. The first-order valence-corrected chi connectivity index (χ1v) is 3.14. The lowest BCUT2D eigenvalue weighted by Crippen LogP contribution is -2.27. The van der Waals surface area contributed by atoms with Crippen molar-refractivity contribution in [2.45, 2.75) is 37.7 Å². The molecule has 1 saturated carbocycles. The van der Waals surface area contributed by atoms with E-state index in [1.807, 2.05) is 0 Å². The van der Waals surface area contributed by atoms with E-state index in [9.17, 15) is 8.78 Å². The van der Waals surface area contributed by atoms with Crippen molar-refractivity contribution in [2.75, 3.05) is 0 Å². The van der Waals surface area contributed by atoms with Gasteiger partial charge in [-0.05, 0) is 0 Å². The number of aliphatic hydroxyl groups is 1. The highest BCUT2D eigenvalue weighted by atomic mass is 19.1. The summed E-state index contributed by atoms with van der Waals surface area (Å²) in [5.74, 6) is 0. The smallest absolute Gasteiger partial charge is 0.105 e. The highest BCUT2D eigenvalue weighted by Gasteiger charge is 2.26. The fourth-order valence-electron chi connectivity index (χ4n) is 1.16. The molecule has 1 aliphatic rings. The molecule has 1 nitrogen and oxygen atoms in total. The van der Waals surface area contributed by atoms with Gasteiger partial charge in [-0.1, -0.05) is 0 Å². The van der Waals surface area contributed by atoms with Crippen LogP contribution in [0.15, 0.2) is 0 Å². The van der Waals surface area contributed by atoms with Gasteiger partial charge in [0, 0.05) is 19.3 Å². The van der Waals surface area contributed by atoms with Gasteiger partial charge in [-0.2, -0.15) is 0 Å². The van der Waals surface area contributed by atoms with Gasteiger partial charge >= 0.3 is 0 Å². The minimum atomic E-state index is -1.14. The van der Waals surface area contributed by atoms with E-state index in [4.69, 9.17) is 5.11 Å². The Hall–Kier alpha value is -0.180. The molecule has 0 heterocycles. The lowest BCUT2D eigenvalue weighted by atomic mass is 9.95. The second kappa shape index (κ2) is 2.60. The summed E-state index contributed by atoms with van der Waals surface area (Å²) in [6.45, 7) is 0. The number of aliphatic hydroxyl groups excluding tert-OH is 1. The zero-order chi connectivity index (χ0) is 6.85. The van der Waals surface area contributed by atoms with Crippen LogP contribution in [0.5, 0.6) is 0 Å². The normalized spacial score (nSPS) is 45.0. The van der Waals surface area contributed by atoms with Crippen molar-refractivity contribution in [2.24, 2.45) is 0 Å². The van der Waals surface area contributed by atoms with Crippen LogP contribution in [-0.2, 0) is 0 Å².